The molecule has 2 heterocycles. The van der Waals surface area contributed by atoms with Crippen molar-refractivity contribution in [3.63, 3.8) is 0 Å². The van der Waals surface area contributed by atoms with Crippen molar-refractivity contribution in [2.24, 2.45) is 5.92 Å². The lowest BCUT2D eigenvalue weighted by molar-refractivity contribution is -0.0816. The molecule has 0 amide bonds. The summed E-state index contributed by atoms with van der Waals surface area (Å²) >= 11 is 5.59. The first-order valence-corrected chi connectivity index (χ1v) is 8.94. The molecule has 2 fully saturated rings. The molecule has 2 unspecified atom stereocenters. The Labute approximate surface area is 129 Å². The lowest BCUT2D eigenvalue weighted by atomic mass is 9.72. The topological polar surface area (TPSA) is 83.4 Å². The van der Waals surface area contributed by atoms with Crippen molar-refractivity contribution in [3.8, 4) is 0 Å². The maximum Gasteiger partial charge on any atom is 0.246 e. The standard InChI is InChI=1S/C13H18ClN3O3S/c14-12-15-7-11(8-16-12)21(19,20)17-6-5-13(18)4-2-1-3-10(13)9-17/h7-8,10,18H,1-6,9H2. The highest BCUT2D eigenvalue weighted by molar-refractivity contribution is 7.89. The lowest BCUT2D eigenvalue weighted by Gasteiger charge is -2.46. The molecule has 116 valence electrons. The van der Waals surface area contributed by atoms with Crippen LogP contribution in [-0.4, -0.2) is 46.5 Å². The molecule has 6 nitrogen and oxygen atoms in total. The van der Waals surface area contributed by atoms with E-state index < -0.39 is 15.6 Å². The Balaban J connectivity index is 1.82. The average Bonchev–Trinajstić information content (AvgIpc) is 2.46. The summed E-state index contributed by atoms with van der Waals surface area (Å²) in [6, 6.07) is 0. The first-order valence-electron chi connectivity index (χ1n) is 7.12. The maximum atomic E-state index is 12.6. The molecule has 0 spiro atoms. The van der Waals surface area contributed by atoms with Gasteiger partial charge in [0.2, 0.25) is 15.3 Å². The molecule has 8 heteroatoms. The summed E-state index contributed by atoms with van der Waals surface area (Å²) in [5, 5.41) is 10.6. The van der Waals surface area contributed by atoms with Crippen LogP contribution >= 0.6 is 11.6 Å². The Morgan fingerprint density at radius 2 is 2.00 bits per heavy atom. The van der Waals surface area contributed by atoms with Crippen LogP contribution in [0.25, 0.3) is 0 Å². The molecular weight excluding hydrogens is 314 g/mol. The molecule has 1 aliphatic heterocycles. The zero-order valence-corrected chi connectivity index (χ0v) is 13.1. The second kappa shape index (κ2) is 5.46. The van der Waals surface area contributed by atoms with Gasteiger partial charge in [0, 0.05) is 19.0 Å². The van der Waals surface area contributed by atoms with Crippen molar-refractivity contribution >= 4 is 21.6 Å². The second-order valence-electron chi connectivity index (χ2n) is 5.85. The van der Waals surface area contributed by atoms with Crippen molar-refractivity contribution in [1.82, 2.24) is 14.3 Å². The normalized spacial score (nSPS) is 30.9. The number of sulfonamides is 1. The number of aromatic nitrogens is 2. The van der Waals surface area contributed by atoms with Crippen LogP contribution in [0.2, 0.25) is 5.28 Å². The molecule has 1 N–H and O–H groups in total. The summed E-state index contributed by atoms with van der Waals surface area (Å²) in [5.41, 5.74) is -0.694. The minimum absolute atomic E-state index is 0.0167. The van der Waals surface area contributed by atoms with E-state index in [4.69, 9.17) is 11.6 Å². The van der Waals surface area contributed by atoms with Gasteiger partial charge in [0.05, 0.1) is 18.0 Å². The Morgan fingerprint density at radius 1 is 1.29 bits per heavy atom. The van der Waals surface area contributed by atoms with E-state index in [9.17, 15) is 13.5 Å². The molecule has 3 rings (SSSR count). The van der Waals surface area contributed by atoms with E-state index in [1.54, 1.807) is 0 Å². The van der Waals surface area contributed by atoms with Gasteiger partial charge in [-0.2, -0.15) is 4.31 Å². The number of aliphatic hydroxyl groups is 1. The van der Waals surface area contributed by atoms with Crippen molar-refractivity contribution in [2.75, 3.05) is 13.1 Å². The molecule has 0 radical (unpaired) electrons. The molecule has 0 aromatic carbocycles. The van der Waals surface area contributed by atoms with E-state index in [1.807, 2.05) is 0 Å². The predicted octanol–water partition coefficient (Wildman–Crippen LogP) is 1.45. The Kier molecular flexibility index (Phi) is 3.94. The molecule has 1 aromatic rings. The molecule has 1 saturated carbocycles. The van der Waals surface area contributed by atoms with Gasteiger partial charge in [-0.3, -0.25) is 0 Å². The third-order valence-electron chi connectivity index (χ3n) is 4.62. The summed E-state index contributed by atoms with van der Waals surface area (Å²) in [4.78, 5) is 7.52. The second-order valence-corrected chi connectivity index (χ2v) is 8.12. The first kappa shape index (κ1) is 15.1. The van der Waals surface area contributed by atoms with Crippen LogP contribution in [0.3, 0.4) is 0 Å². The zero-order valence-electron chi connectivity index (χ0n) is 11.6. The van der Waals surface area contributed by atoms with Gasteiger partial charge in [0.1, 0.15) is 4.90 Å². The Morgan fingerprint density at radius 3 is 2.71 bits per heavy atom. The highest BCUT2D eigenvalue weighted by Crippen LogP contribution is 2.40. The quantitative estimate of drug-likeness (QED) is 0.829. The van der Waals surface area contributed by atoms with Gasteiger partial charge in [-0.25, -0.2) is 18.4 Å². The largest absolute Gasteiger partial charge is 0.390 e. The van der Waals surface area contributed by atoms with Gasteiger partial charge in [-0.05, 0) is 30.9 Å². The fourth-order valence-corrected chi connectivity index (χ4v) is 4.82. The van der Waals surface area contributed by atoms with Gasteiger partial charge >= 0.3 is 0 Å². The van der Waals surface area contributed by atoms with Crippen LogP contribution < -0.4 is 0 Å². The van der Waals surface area contributed by atoms with Crippen LogP contribution in [0.4, 0.5) is 0 Å². The average molecular weight is 332 g/mol. The minimum Gasteiger partial charge on any atom is -0.390 e. The van der Waals surface area contributed by atoms with Crippen molar-refractivity contribution in [2.45, 2.75) is 42.6 Å². The molecule has 1 saturated heterocycles. The fourth-order valence-electron chi connectivity index (χ4n) is 3.34. The monoisotopic (exact) mass is 331 g/mol. The smallest absolute Gasteiger partial charge is 0.246 e. The van der Waals surface area contributed by atoms with E-state index in [1.165, 1.54) is 16.7 Å². The van der Waals surface area contributed by atoms with E-state index in [0.717, 1.165) is 25.7 Å². The predicted molar refractivity (Wildman–Crippen MR) is 77.3 cm³/mol. The summed E-state index contributed by atoms with van der Waals surface area (Å²) in [5.74, 6) is 0.0167. The summed E-state index contributed by atoms with van der Waals surface area (Å²) < 4.78 is 26.6. The van der Waals surface area contributed by atoms with E-state index in [2.05, 4.69) is 9.97 Å². The molecule has 1 aliphatic carbocycles. The van der Waals surface area contributed by atoms with Crippen molar-refractivity contribution < 1.29 is 13.5 Å². The Hall–Kier alpha value is -0.760. The third kappa shape index (κ3) is 2.79. The van der Waals surface area contributed by atoms with Crippen LogP contribution in [0.1, 0.15) is 32.1 Å². The number of hydrogen-bond donors (Lipinski definition) is 1. The maximum absolute atomic E-state index is 12.6. The highest BCUT2D eigenvalue weighted by Gasteiger charge is 2.45. The van der Waals surface area contributed by atoms with Gasteiger partial charge in [0.25, 0.3) is 0 Å². The molecule has 1 aromatic heterocycles. The number of rotatable bonds is 2. The van der Waals surface area contributed by atoms with Crippen molar-refractivity contribution in [1.29, 1.82) is 0 Å². The molecule has 2 aliphatic rings. The molecule has 0 bridgehead atoms. The first-order chi connectivity index (χ1) is 9.92. The van der Waals surface area contributed by atoms with Gasteiger partial charge < -0.3 is 5.11 Å². The highest BCUT2D eigenvalue weighted by atomic mass is 35.5. The lowest BCUT2D eigenvalue weighted by Crippen LogP contribution is -2.54. The van der Waals surface area contributed by atoms with E-state index >= 15 is 0 Å². The number of piperidine rings is 1. The van der Waals surface area contributed by atoms with Gasteiger partial charge in [-0.15, -0.1) is 0 Å². The van der Waals surface area contributed by atoms with E-state index in [0.29, 0.717) is 19.5 Å². The van der Waals surface area contributed by atoms with Crippen LogP contribution in [0, 0.1) is 5.92 Å². The van der Waals surface area contributed by atoms with Crippen molar-refractivity contribution in [3.05, 3.63) is 17.7 Å². The number of halogens is 1. The number of nitrogens with zero attached hydrogens (tertiary/aromatic N) is 3. The molecule has 2 atom stereocenters. The summed E-state index contributed by atoms with van der Waals surface area (Å²) in [6.45, 7) is 0.694. The SMILES string of the molecule is O=S(=O)(c1cnc(Cl)nc1)N1CCC2(O)CCCCC2C1. The third-order valence-corrected chi connectivity index (χ3v) is 6.64. The van der Waals surface area contributed by atoms with Crippen LogP contribution in [0.5, 0.6) is 0 Å². The molecule has 21 heavy (non-hydrogen) atoms. The summed E-state index contributed by atoms with van der Waals surface area (Å²) in [6.07, 6.45) is 6.66. The van der Waals surface area contributed by atoms with Crippen LogP contribution in [-0.2, 0) is 10.0 Å². The Bertz CT molecular complexity index is 622. The number of hydrogen-bond acceptors (Lipinski definition) is 5. The molecular formula is C13H18ClN3O3S. The fraction of sp³-hybridized carbons (Fsp3) is 0.692. The minimum atomic E-state index is -3.62. The van der Waals surface area contributed by atoms with Gasteiger partial charge in [0.15, 0.2) is 0 Å². The van der Waals surface area contributed by atoms with Crippen LogP contribution in [0.15, 0.2) is 17.3 Å². The van der Waals surface area contributed by atoms with Gasteiger partial charge in [-0.1, -0.05) is 12.8 Å². The van der Waals surface area contributed by atoms with E-state index in [-0.39, 0.29) is 16.1 Å². The zero-order chi connectivity index (χ0) is 15.1. The number of fused-ring (bicyclic) bond motifs is 1. The summed E-state index contributed by atoms with van der Waals surface area (Å²) in [7, 11) is -3.62.